The number of aliphatic hydroxyl groups is 11. The fourth-order valence-corrected chi connectivity index (χ4v) is 12.2. The van der Waals surface area contributed by atoms with Gasteiger partial charge in [0.25, 0.3) is 0 Å². The van der Waals surface area contributed by atoms with E-state index in [2.05, 4.69) is 31.3 Å². The second-order valence-electron chi connectivity index (χ2n) is 25.7. The van der Waals surface area contributed by atoms with E-state index < -0.39 is 124 Å². The van der Waals surface area contributed by atoms with Crippen LogP contribution in [-0.2, 0) is 33.2 Å². The fourth-order valence-electron chi connectivity index (χ4n) is 12.2. The molecule has 0 aromatic rings. The molecule has 12 N–H and O–H groups in total. The normalized spacial score (nSPS) is 28.5. The topological polar surface area (TPSA) is 307 Å². The molecule has 0 aromatic carbocycles. The summed E-state index contributed by atoms with van der Waals surface area (Å²) in [6, 6.07) is -0.985. The number of amides is 1. The molecule has 19 heteroatoms. The van der Waals surface area contributed by atoms with Gasteiger partial charge in [-0.15, -0.1) is 0 Å². The highest BCUT2D eigenvalue weighted by Gasteiger charge is 2.53. The Morgan fingerprint density at radius 1 is 0.398 bits per heavy atom. The largest absolute Gasteiger partial charge is 0.394 e. The second kappa shape index (κ2) is 51.7. The van der Waals surface area contributed by atoms with Crippen molar-refractivity contribution < 1.29 is 89.4 Å². The maximum absolute atomic E-state index is 13.4. The summed E-state index contributed by atoms with van der Waals surface area (Å²) < 4.78 is 34.3. The van der Waals surface area contributed by atoms with Crippen molar-refractivity contribution in [2.75, 3.05) is 26.4 Å². The van der Waals surface area contributed by atoms with Crippen LogP contribution in [0, 0.1) is 0 Å². The van der Waals surface area contributed by atoms with Gasteiger partial charge in [-0.05, 0) is 32.1 Å². The molecule has 3 saturated heterocycles. The van der Waals surface area contributed by atoms with E-state index in [1.807, 2.05) is 6.08 Å². The van der Waals surface area contributed by atoms with Crippen LogP contribution in [0.2, 0.25) is 0 Å². The van der Waals surface area contributed by atoms with Gasteiger partial charge in [0, 0.05) is 6.42 Å². The number of rotatable bonds is 55. The molecule has 0 aromatic heterocycles. The summed E-state index contributed by atoms with van der Waals surface area (Å²) in [5.41, 5.74) is 0. The molecule has 88 heavy (non-hydrogen) atoms. The van der Waals surface area contributed by atoms with E-state index >= 15 is 0 Å². The molecular formula is C69H129NO18. The molecule has 0 spiro atoms. The minimum absolute atomic E-state index is 0.240. The quantitative estimate of drug-likeness (QED) is 0.0199. The predicted molar refractivity (Wildman–Crippen MR) is 342 cm³/mol. The molecule has 0 radical (unpaired) electrons. The van der Waals surface area contributed by atoms with Gasteiger partial charge in [0.15, 0.2) is 18.9 Å². The molecular weight excluding hydrogens is 1130 g/mol. The SMILES string of the molecule is CCCCCCC/C=C/CC/C=C/C(O)C(COC1OC(CO)C(OC2OC(CO)C(OC3OC(CO)C(O)C(O)C3O)C(O)C2O)C(O)C1O)NC(=O)CCCCCCCCCCCCCCCCCCCCCCCCCCCCCCCCCC. The van der Waals surface area contributed by atoms with Crippen LogP contribution in [0.25, 0.3) is 0 Å². The lowest BCUT2D eigenvalue weighted by Gasteiger charge is -2.48. The summed E-state index contributed by atoms with van der Waals surface area (Å²) in [6.45, 7) is 1.70. The number of aliphatic hydroxyl groups excluding tert-OH is 11. The Labute approximate surface area is 530 Å². The molecule has 518 valence electrons. The molecule has 3 rings (SSSR count). The van der Waals surface area contributed by atoms with Gasteiger partial charge in [-0.25, -0.2) is 0 Å². The Bertz CT molecular complexity index is 1690. The van der Waals surface area contributed by atoms with E-state index in [1.54, 1.807) is 6.08 Å². The maximum Gasteiger partial charge on any atom is 0.220 e. The minimum Gasteiger partial charge on any atom is -0.394 e. The lowest BCUT2D eigenvalue weighted by atomic mass is 9.96. The van der Waals surface area contributed by atoms with Gasteiger partial charge in [-0.2, -0.15) is 0 Å². The zero-order valence-electron chi connectivity index (χ0n) is 54.7. The van der Waals surface area contributed by atoms with E-state index in [-0.39, 0.29) is 18.9 Å². The van der Waals surface area contributed by atoms with Crippen molar-refractivity contribution in [1.29, 1.82) is 0 Å². The molecule has 17 atom stereocenters. The Morgan fingerprint density at radius 3 is 1.14 bits per heavy atom. The Morgan fingerprint density at radius 2 is 0.727 bits per heavy atom. The third-order valence-corrected chi connectivity index (χ3v) is 18.0. The van der Waals surface area contributed by atoms with Crippen molar-refractivity contribution >= 4 is 5.91 Å². The summed E-state index contributed by atoms with van der Waals surface area (Å²) in [5.74, 6) is -0.282. The van der Waals surface area contributed by atoms with Crippen LogP contribution in [0.5, 0.6) is 0 Å². The summed E-state index contributed by atoms with van der Waals surface area (Å²) in [7, 11) is 0. The van der Waals surface area contributed by atoms with Gasteiger partial charge >= 0.3 is 0 Å². The third-order valence-electron chi connectivity index (χ3n) is 18.0. The van der Waals surface area contributed by atoms with E-state index in [9.17, 15) is 61.0 Å². The van der Waals surface area contributed by atoms with Crippen LogP contribution in [-0.4, -0.2) is 193 Å². The number of hydrogen-bond donors (Lipinski definition) is 12. The second-order valence-corrected chi connectivity index (χ2v) is 25.7. The minimum atomic E-state index is -1.98. The molecule has 19 nitrogen and oxygen atoms in total. The third kappa shape index (κ3) is 33.4. The van der Waals surface area contributed by atoms with E-state index in [1.165, 1.54) is 205 Å². The summed E-state index contributed by atoms with van der Waals surface area (Å²) in [5, 5.41) is 120. The molecule has 3 fully saturated rings. The number of carbonyl (C=O) groups is 1. The highest BCUT2D eigenvalue weighted by atomic mass is 16.8. The highest BCUT2D eigenvalue weighted by Crippen LogP contribution is 2.33. The maximum atomic E-state index is 13.4. The van der Waals surface area contributed by atoms with Gasteiger partial charge in [-0.3, -0.25) is 4.79 Å². The molecule has 1 amide bonds. The molecule has 0 bridgehead atoms. The Balaban J connectivity index is 1.34. The van der Waals surface area contributed by atoms with Gasteiger partial charge in [-0.1, -0.05) is 263 Å². The molecule has 0 saturated carbocycles. The first-order valence-electron chi connectivity index (χ1n) is 35.6. The van der Waals surface area contributed by atoms with Crippen LogP contribution >= 0.6 is 0 Å². The van der Waals surface area contributed by atoms with Crippen LogP contribution in [0.3, 0.4) is 0 Å². The van der Waals surface area contributed by atoms with Crippen LogP contribution < -0.4 is 5.32 Å². The van der Waals surface area contributed by atoms with Crippen LogP contribution in [0.15, 0.2) is 24.3 Å². The first-order valence-corrected chi connectivity index (χ1v) is 35.6. The van der Waals surface area contributed by atoms with Crippen molar-refractivity contribution in [2.24, 2.45) is 0 Å². The smallest absolute Gasteiger partial charge is 0.220 e. The number of unbranched alkanes of at least 4 members (excludes halogenated alkanes) is 37. The number of ether oxygens (including phenoxy) is 6. The van der Waals surface area contributed by atoms with Crippen molar-refractivity contribution in [3.63, 3.8) is 0 Å². The zero-order valence-corrected chi connectivity index (χ0v) is 54.7. The standard InChI is InChI=1S/C69H129NO18/c1-3-5-7-9-11-13-15-16-17-18-19-20-21-22-23-24-25-26-27-28-29-30-31-32-33-34-35-37-39-41-43-45-47-57(75)70-52(53(74)46-44-42-40-38-36-14-12-10-8-6-4-2)51-83-67-63(81)60(78)65(55(49-72)85-67)88-69-64(82)61(79)66(56(50-73)86-69)87-68-62(80)59(77)58(76)54(48-71)84-68/h36,38,44,46,52-56,58-69,71-74,76-82H,3-35,37,39-43,45,47-51H2,1-2H3,(H,70,75)/b38-36+,46-44+. The molecule has 17 unspecified atom stereocenters. The fraction of sp³-hybridized carbons (Fsp3) is 0.928. The molecule has 0 aliphatic carbocycles. The average Bonchev–Trinajstić information content (AvgIpc) is 3.17. The number of allylic oxidation sites excluding steroid dienone is 3. The molecule has 3 heterocycles. The van der Waals surface area contributed by atoms with Gasteiger partial charge in [0.05, 0.1) is 38.6 Å². The van der Waals surface area contributed by atoms with E-state index in [0.29, 0.717) is 12.8 Å². The average molecular weight is 1260 g/mol. The van der Waals surface area contributed by atoms with Gasteiger partial charge < -0.3 is 89.9 Å². The number of carbonyl (C=O) groups excluding carboxylic acids is 1. The molecule has 3 aliphatic rings. The summed E-state index contributed by atoms with van der Waals surface area (Å²) >= 11 is 0. The Kier molecular flexibility index (Phi) is 47.3. The van der Waals surface area contributed by atoms with Crippen molar-refractivity contribution in [3.05, 3.63) is 24.3 Å². The molecule has 3 aliphatic heterocycles. The first kappa shape index (κ1) is 80.5. The van der Waals surface area contributed by atoms with Crippen molar-refractivity contribution in [1.82, 2.24) is 5.32 Å². The van der Waals surface area contributed by atoms with Gasteiger partial charge in [0.1, 0.15) is 73.2 Å². The lowest BCUT2D eigenvalue weighted by Crippen LogP contribution is -2.66. The highest BCUT2D eigenvalue weighted by molar-refractivity contribution is 5.76. The van der Waals surface area contributed by atoms with Gasteiger partial charge in [0.2, 0.25) is 5.91 Å². The lowest BCUT2D eigenvalue weighted by molar-refractivity contribution is -0.379. The predicted octanol–water partition coefficient (Wildman–Crippen LogP) is 9.44. The summed E-state index contributed by atoms with van der Waals surface area (Å²) in [6.07, 6.45) is 32.1. The number of nitrogens with one attached hydrogen (secondary N) is 1. The number of hydrogen-bond acceptors (Lipinski definition) is 18. The Hall–Kier alpha value is -1.73. The zero-order chi connectivity index (χ0) is 64.0. The van der Waals surface area contributed by atoms with E-state index in [4.69, 9.17) is 28.4 Å². The van der Waals surface area contributed by atoms with Crippen LogP contribution in [0.4, 0.5) is 0 Å². The van der Waals surface area contributed by atoms with Crippen molar-refractivity contribution in [2.45, 2.75) is 381 Å². The van der Waals surface area contributed by atoms with E-state index in [0.717, 1.165) is 38.5 Å². The van der Waals surface area contributed by atoms with Crippen molar-refractivity contribution in [3.8, 4) is 0 Å². The summed E-state index contributed by atoms with van der Waals surface area (Å²) in [4.78, 5) is 13.4. The monoisotopic (exact) mass is 1260 g/mol. The van der Waals surface area contributed by atoms with Crippen LogP contribution in [0.1, 0.15) is 277 Å². The first-order chi connectivity index (χ1) is 42.8.